The molecule has 0 radical (unpaired) electrons. The third-order valence-electron chi connectivity index (χ3n) is 5.39. The van der Waals surface area contributed by atoms with Gasteiger partial charge in [-0.05, 0) is 61.6 Å². The van der Waals surface area contributed by atoms with Gasteiger partial charge in [-0.1, -0.05) is 18.2 Å². The highest BCUT2D eigenvalue weighted by Gasteiger charge is 2.22. The molecule has 1 fully saturated rings. The van der Waals surface area contributed by atoms with E-state index in [0.717, 1.165) is 48.2 Å². The fourth-order valence-electron chi connectivity index (χ4n) is 3.56. The first-order chi connectivity index (χ1) is 13.0. The summed E-state index contributed by atoms with van der Waals surface area (Å²) >= 11 is 0. The Kier molecular flexibility index (Phi) is 6.11. The van der Waals surface area contributed by atoms with Crippen LogP contribution in [0.2, 0.25) is 0 Å². The van der Waals surface area contributed by atoms with E-state index in [1.807, 2.05) is 38.1 Å². The number of hydrogen-bond acceptors (Lipinski definition) is 3. The van der Waals surface area contributed by atoms with Crippen molar-refractivity contribution >= 4 is 5.91 Å². The number of hydrogen-bond donors (Lipinski definition) is 1. The van der Waals surface area contributed by atoms with Crippen LogP contribution in [0.3, 0.4) is 0 Å². The van der Waals surface area contributed by atoms with E-state index < -0.39 is 0 Å². The van der Waals surface area contributed by atoms with Crippen molar-refractivity contribution in [2.24, 2.45) is 0 Å². The summed E-state index contributed by atoms with van der Waals surface area (Å²) in [6.45, 7) is 6.47. The van der Waals surface area contributed by atoms with Crippen LogP contribution in [0, 0.1) is 19.7 Å². The molecule has 0 atom stereocenters. The van der Waals surface area contributed by atoms with Crippen molar-refractivity contribution in [3.05, 3.63) is 64.5 Å². The third kappa shape index (κ3) is 4.66. The predicted molar refractivity (Wildman–Crippen MR) is 105 cm³/mol. The largest absolute Gasteiger partial charge is 0.494 e. The monoisotopic (exact) mass is 370 g/mol. The summed E-state index contributed by atoms with van der Waals surface area (Å²) in [5.41, 5.74) is 3.86. The van der Waals surface area contributed by atoms with E-state index >= 15 is 0 Å². The van der Waals surface area contributed by atoms with Gasteiger partial charge in [-0.2, -0.15) is 0 Å². The number of carbonyl (C=O) groups excluding carboxylic acids is 1. The zero-order chi connectivity index (χ0) is 19.4. The zero-order valence-corrected chi connectivity index (χ0v) is 16.2. The van der Waals surface area contributed by atoms with Gasteiger partial charge in [0, 0.05) is 31.2 Å². The molecule has 0 aliphatic carbocycles. The predicted octanol–water partition coefficient (Wildman–Crippen LogP) is 3.85. The van der Waals surface area contributed by atoms with Crippen LogP contribution in [-0.2, 0) is 6.54 Å². The summed E-state index contributed by atoms with van der Waals surface area (Å²) in [6.07, 6.45) is 1.80. The molecule has 1 heterocycles. The molecule has 1 aliphatic rings. The van der Waals surface area contributed by atoms with E-state index in [0.29, 0.717) is 6.54 Å². The molecule has 144 valence electrons. The van der Waals surface area contributed by atoms with Crippen LogP contribution in [0.15, 0.2) is 36.4 Å². The second kappa shape index (κ2) is 8.53. The first-order valence-corrected chi connectivity index (χ1v) is 9.39. The summed E-state index contributed by atoms with van der Waals surface area (Å²) in [5, 5.41) is 3.17. The molecular weight excluding hydrogens is 343 g/mol. The number of aryl methyl sites for hydroxylation is 1. The maximum atomic E-state index is 13.8. The van der Waals surface area contributed by atoms with Gasteiger partial charge >= 0.3 is 0 Å². The van der Waals surface area contributed by atoms with Crippen molar-refractivity contribution < 1.29 is 13.9 Å². The highest BCUT2D eigenvalue weighted by atomic mass is 19.1. The van der Waals surface area contributed by atoms with Crippen LogP contribution < -0.4 is 10.1 Å². The lowest BCUT2D eigenvalue weighted by Gasteiger charge is -2.32. The molecule has 0 aromatic heterocycles. The van der Waals surface area contributed by atoms with Crippen LogP contribution >= 0.6 is 0 Å². The van der Waals surface area contributed by atoms with Gasteiger partial charge in [-0.15, -0.1) is 0 Å². The molecule has 2 aromatic carbocycles. The van der Waals surface area contributed by atoms with Gasteiger partial charge in [0.1, 0.15) is 0 Å². The van der Waals surface area contributed by atoms with Crippen molar-refractivity contribution in [1.82, 2.24) is 10.2 Å². The lowest BCUT2D eigenvalue weighted by atomic mass is 10.0. The van der Waals surface area contributed by atoms with Gasteiger partial charge < -0.3 is 10.1 Å². The summed E-state index contributed by atoms with van der Waals surface area (Å²) in [5.74, 6) is -0.0517. The second-order valence-corrected chi connectivity index (χ2v) is 7.24. The zero-order valence-electron chi connectivity index (χ0n) is 16.2. The number of nitrogens with zero attached hydrogens (tertiary/aromatic N) is 1. The maximum absolute atomic E-state index is 13.8. The molecule has 1 amide bonds. The smallest absolute Gasteiger partial charge is 0.251 e. The number of rotatable bonds is 5. The Bertz CT molecular complexity index is 814. The SMILES string of the molecule is COc1ccc(CN2CCC(NC(=O)c3cccc(C)c3C)CC2)cc1F. The Balaban J connectivity index is 1.52. The van der Waals surface area contributed by atoms with Crippen molar-refractivity contribution in [2.75, 3.05) is 20.2 Å². The van der Waals surface area contributed by atoms with E-state index in [9.17, 15) is 9.18 Å². The molecule has 4 nitrogen and oxygen atoms in total. The lowest BCUT2D eigenvalue weighted by Crippen LogP contribution is -2.44. The summed E-state index contributed by atoms with van der Waals surface area (Å²) in [6, 6.07) is 11.1. The van der Waals surface area contributed by atoms with E-state index in [1.54, 1.807) is 6.07 Å². The molecular formula is C22H27FN2O2. The fraction of sp³-hybridized carbons (Fsp3) is 0.409. The van der Waals surface area contributed by atoms with Crippen LogP contribution in [0.25, 0.3) is 0 Å². The Morgan fingerprint density at radius 3 is 2.63 bits per heavy atom. The minimum absolute atomic E-state index is 0.00637. The van der Waals surface area contributed by atoms with Crippen LogP contribution in [0.1, 0.15) is 39.9 Å². The average molecular weight is 370 g/mol. The van der Waals surface area contributed by atoms with Crippen molar-refractivity contribution in [2.45, 2.75) is 39.3 Å². The molecule has 1 N–H and O–H groups in total. The van der Waals surface area contributed by atoms with Crippen LogP contribution in [0.5, 0.6) is 5.75 Å². The molecule has 0 unspecified atom stereocenters. The number of nitrogens with one attached hydrogen (secondary N) is 1. The molecule has 5 heteroatoms. The van der Waals surface area contributed by atoms with E-state index in [4.69, 9.17) is 4.74 Å². The Morgan fingerprint density at radius 2 is 1.96 bits per heavy atom. The normalized spacial score (nSPS) is 15.6. The Morgan fingerprint density at radius 1 is 1.22 bits per heavy atom. The molecule has 2 aromatic rings. The molecule has 0 bridgehead atoms. The molecule has 0 spiro atoms. The minimum atomic E-state index is -0.328. The lowest BCUT2D eigenvalue weighted by molar-refractivity contribution is 0.0908. The summed E-state index contributed by atoms with van der Waals surface area (Å²) in [4.78, 5) is 14.9. The fourth-order valence-corrected chi connectivity index (χ4v) is 3.56. The first kappa shape index (κ1) is 19.4. The summed E-state index contributed by atoms with van der Waals surface area (Å²) < 4.78 is 18.8. The molecule has 27 heavy (non-hydrogen) atoms. The highest BCUT2D eigenvalue weighted by Crippen LogP contribution is 2.21. The highest BCUT2D eigenvalue weighted by molar-refractivity contribution is 5.96. The number of piperidine rings is 1. The van der Waals surface area contributed by atoms with Crippen molar-refractivity contribution in [3.8, 4) is 5.75 Å². The average Bonchev–Trinajstić information content (AvgIpc) is 2.65. The number of amides is 1. The second-order valence-electron chi connectivity index (χ2n) is 7.24. The quantitative estimate of drug-likeness (QED) is 0.869. The standard InChI is InChI=1S/C22H27FN2O2/c1-15-5-4-6-19(16(15)2)22(26)24-18-9-11-25(12-10-18)14-17-7-8-21(27-3)20(23)13-17/h4-8,13,18H,9-12,14H2,1-3H3,(H,24,26). The number of halogens is 1. The minimum Gasteiger partial charge on any atom is -0.494 e. The van der Waals surface area contributed by atoms with Gasteiger partial charge in [-0.3, -0.25) is 9.69 Å². The van der Waals surface area contributed by atoms with Crippen molar-refractivity contribution in [3.63, 3.8) is 0 Å². The molecule has 3 rings (SSSR count). The molecule has 0 saturated carbocycles. The Hall–Kier alpha value is -2.40. The topological polar surface area (TPSA) is 41.6 Å². The van der Waals surface area contributed by atoms with Gasteiger partial charge in [0.15, 0.2) is 11.6 Å². The van der Waals surface area contributed by atoms with E-state index in [-0.39, 0.29) is 23.5 Å². The Labute approximate surface area is 160 Å². The van der Waals surface area contributed by atoms with Gasteiger partial charge in [0.25, 0.3) is 5.91 Å². The van der Waals surface area contributed by atoms with Crippen LogP contribution in [0.4, 0.5) is 4.39 Å². The third-order valence-corrected chi connectivity index (χ3v) is 5.39. The molecule has 1 saturated heterocycles. The van der Waals surface area contributed by atoms with Gasteiger partial charge in [0.05, 0.1) is 7.11 Å². The van der Waals surface area contributed by atoms with Crippen molar-refractivity contribution in [1.29, 1.82) is 0 Å². The molecule has 1 aliphatic heterocycles. The number of likely N-dealkylation sites (tertiary alicyclic amines) is 1. The van der Waals surface area contributed by atoms with E-state index in [2.05, 4.69) is 10.2 Å². The number of methoxy groups -OCH3 is 1. The maximum Gasteiger partial charge on any atom is 0.251 e. The van der Waals surface area contributed by atoms with Gasteiger partial charge in [-0.25, -0.2) is 4.39 Å². The number of carbonyl (C=O) groups is 1. The van der Waals surface area contributed by atoms with E-state index in [1.165, 1.54) is 13.2 Å². The number of benzene rings is 2. The van der Waals surface area contributed by atoms with Crippen LogP contribution in [-0.4, -0.2) is 37.0 Å². The van der Waals surface area contributed by atoms with Gasteiger partial charge in [0.2, 0.25) is 0 Å². The summed E-state index contributed by atoms with van der Waals surface area (Å²) in [7, 11) is 1.47. The first-order valence-electron chi connectivity index (χ1n) is 9.39. The number of ether oxygens (including phenoxy) is 1.